The van der Waals surface area contributed by atoms with E-state index < -0.39 is 0 Å². The van der Waals surface area contributed by atoms with Crippen molar-refractivity contribution < 1.29 is 9.32 Å². The van der Waals surface area contributed by atoms with Crippen molar-refractivity contribution in [2.45, 2.75) is 25.8 Å². The van der Waals surface area contributed by atoms with E-state index >= 15 is 0 Å². The number of hydrogen-bond acceptors (Lipinski definition) is 5. The van der Waals surface area contributed by atoms with Crippen molar-refractivity contribution in [2.24, 2.45) is 11.7 Å². The van der Waals surface area contributed by atoms with Crippen molar-refractivity contribution in [3.8, 4) is 0 Å². The van der Waals surface area contributed by atoms with Crippen molar-refractivity contribution in [3.63, 3.8) is 0 Å². The van der Waals surface area contributed by atoms with Gasteiger partial charge in [-0.2, -0.15) is 4.98 Å². The fraction of sp³-hybridized carbons (Fsp3) is 0.667. The first-order valence-corrected chi connectivity index (χ1v) is 5.09. The lowest BCUT2D eigenvalue weighted by molar-refractivity contribution is 0.0942. The first-order chi connectivity index (χ1) is 7.22. The van der Waals surface area contributed by atoms with Crippen molar-refractivity contribution >= 4 is 5.91 Å². The van der Waals surface area contributed by atoms with Gasteiger partial charge in [-0.05, 0) is 25.7 Å². The zero-order chi connectivity index (χ0) is 10.8. The number of carbonyl (C=O) groups is 1. The highest BCUT2D eigenvalue weighted by atomic mass is 16.5. The molecule has 1 aromatic heterocycles. The summed E-state index contributed by atoms with van der Waals surface area (Å²) in [6, 6.07) is -0.222. The van der Waals surface area contributed by atoms with Gasteiger partial charge in [0, 0.05) is 6.54 Å². The highest BCUT2D eigenvalue weighted by Crippen LogP contribution is 2.38. The first kappa shape index (κ1) is 10.1. The van der Waals surface area contributed by atoms with Gasteiger partial charge in [0.1, 0.15) is 0 Å². The number of nitrogens with one attached hydrogen (secondary N) is 1. The van der Waals surface area contributed by atoms with Crippen LogP contribution in [-0.2, 0) is 0 Å². The smallest absolute Gasteiger partial charge is 0.292 e. The quantitative estimate of drug-likeness (QED) is 0.741. The van der Waals surface area contributed by atoms with E-state index in [2.05, 4.69) is 15.5 Å². The van der Waals surface area contributed by atoms with Crippen molar-refractivity contribution in [1.29, 1.82) is 0 Å². The third kappa shape index (κ3) is 2.15. The summed E-state index contributed by atoms with van der Waals surface area (Å²) in [6.45, 7) is 2.37. The van der Waals surface area contributed by atoms with Gasteiger partial charge in [-0.25, -0.2) is 0 Å². The number of nitrogens with two attached hydrogens (primary N) is 1. The number of carbonyl (C=O) groups excluding carboxylic acids is 1. The molecule has 6 nitrogen and oxygen atoms in total. The second kappa shape index (κ2) is 3.98. The molecular formula is C9H14N4O2. The van der Waals surface area contributed by atoms with E-state index in [0.29, 0.717) is 18.4 Å². The van der Waals surface area contributed by atoms with E-state index in [0.717, 1.165) is 12.8 Å². The van der Waals surface area contributed by atoms with Crippen LogP contribution in [0.1, 0.15) is 42.3 Å². The molecule has 0 bridgehead atoms. The van der Waals surface area contributed by atoms with Gasteiger partial charge in [-0.1, -0.05) is 5.16 Å². The predicted molar refractivity (Wildman–Crippen MR) is 52.0 cm³/mol. The summed E-state index contributed by atoms with van der Waals surface area (Å²) in [5, 5.41) is 6.18. The average molecular weight is 210 g/mol. The Hall–Kier alpha value is -1.43. The lowest BCUT2D eigenvalue weighted by Crippen LogP contribution is -2.24. The largest absolute Gasteiger partial charge is 0.349 e. The molecule has 6 heteroatoms. The van der Waals surface area contributed by atoms with Crippen molar-refractivity contribution in [1.82, 2.24) is 15.5 Å². The topological polar surface area (TPSA) is 94.0 Å². The molecule has 3 N–H and O–H groups in total. The molecular weight excluding hydrogens is 196 g/mol. The van der Waals surface area contributed by atoms with Gasteiger partial charge in [-0.3, -0.25) is 4.79 Å². The summed E-state index contributed by atoms with van der Waals surface area (Å²) in [5.41, 5.74) is 5.86. The minimum absolute atomic E-state index is 0.0583. The van der Waals surface area contributed by atoms with E-state index in [1.807, 2.05) is 6.92 Å². The summed E-state index contributed by atoms with van der Waals surface area (Å²) in [6.07, 6.45) is 2.19. The molecule has 0 saturated heterocycles. The Labute approximate surface area is 87.2 Å². The zero-order valence-corrected chi connectivity index (χ0v) is 8.56. The SMILES string of the molecule is CCNC(=O)c1noc(C(N)C2CC2)n1. The normalized spacial score (nSPS) is 17.5. The Morgan fingerprint density at radius 2 is 2.47 bits per heavy atom. The van der Waals surface area contributed by atoms with Crippen LogP contribution in [0.25, 0.3) is 0 Å². The van der Waals surface area contributed by atoms with E-state index in [1.165, 1.54) is 0 Å². The Kier molecular flexibility index (Phi) is 2.68. The minimum atomic E-state index is -0.324. The first-order valence-electron chi connectivity index (χ1n) is 5.09. The Balaban J connectivity index is 2.05. The summed E-state index contributed by atoms with van der Waals surface area (Å²) < 4.78 is 4.95. The van der Waals surface area contributed by atoms with Crippen LogP contribution >= 0.6 is 0 Å². The molecule has 0 spiro atoms. The molecule has 1 fully saturated rings. The van der Waals surface area contributed by atoms with Gasteiger partial charge in [-0.15, -0.1) is 0 Å². The summed E-state index contributed by atoms with van der Waals surface area (Å²) in [5.74, 6) is 0.532. The van der Waals surface area contributed by atoms with Gasteiger partial charge in [0.2, 0.25) is 5.89 Å². The van der Waals surface area contributed by atoms with Crippen LogP contribution in [0, 0.1) is 5.92 Å². The van der Waals surface area contributed by atoms with Gasteiger partial charge in [0.15, 0.2) is 0 Å². The molecule has 15 heavy (non-hydrogen) atoms. The Bertz CT molecular complexity index is 359. The van der Waals surface area contributed by atoms with Gasteiger partial charge in [0.05, 0.1) is 6.04 Å². The molecule has 0 aliphatic heterocycles. The molecule has 0 radical (unpaired) electrons. The molecule has 1 aromatic rings. The summed E-state index contributed by atoms with van der Waals surface area (Å²) in [4.78, 5) is 15.3. The maximum atomic E-state index is 11.3. The third-order valence-corrected chi connectivity index (χ3v) is 2.40. The third-order valence-electron chi connectivity index (χ3n) is 2.40. The molecule has 1 atom stereocenters. The highest BCUT2D eigenvalue weighted by molar-refractivity contribution is 5.90. The number of aromatic nitrogens is 2. The maximum Gasteiger partial charge on any atom is 0.292 e. The molecule has 1 saturated carbocycles. The summed E-state index contributed by atoms with van der Waals surface area (Å²) >= 11 is 0. The minimum Gasteiger partial charge on any atom is -0.349 e. The van der Waals surface area contributed by atoms with Crippen LogP contribution in [-0.4, -0.2) is 22.6 Å². The van der Waals surface area contributed by atoms with E-state index in [1.54, 1.807) is 0 Å². The predicted octanol–water partition coefficient (Wildman–Crippen LogP) is 0.229. The number of rotatable bonds is 4. The lowest BCUT2D eigenvalue weighted by Gasteiger charge is -2.01. The fourth-order valence-corrected chi connectivity index (χ4v) is 1.36. The Morgan fingerprint density at radius 3 is 3.07 bits per heavy atom. The van der Waals surface area contributed by atoms with Gasteiger partial charge in [0.25, 0.3) is 11.7 Å². The summed E-state index contributed by atoms with van der Waals surface area (Å²) in [7, 11) is 0. The monoisotopic (exact) mass is 210 g/mol. The fourth-order valence-electron chi connectivity index (χ4n) is 1.36. The van der Waals surface area contributed by atoms with Gasteiger partial charge < -0.3 is 15.6 Å². The van der Waals surface area contributed by atoms with Crippen LogP contribution in [0.15, 0.2) is 4.52 Å². The van der Waals surface area contributed by atoms with E-state index in [9.17, 15) is 4.79 Å². The van der Waals surface area contributed by atoms with Gasteiger partial charge >= 0.3 is 0 Å². The standard InChI is InChI=1S/C9H14N4O2/c1-2-11-8(14)7-12-9(15-13-7)6(10)5-3-4-5/h5-6H,2-4,10H2,1H3,(H,11,14). The van der Waals surface area contributed by atoms with Crippen LogP contribution < -0.4 is 11.1 Å². The van der Waals surface area contributed by atoms with Crippen LogP contribution in [0.2, 0.25) is 0 Å². The zero-order valence-electron chi connectivity index (χ0n) is 8.56. The van der Waals surface area contributed by atoms with Crippen LogP contribution in [0.4, 0.5) is 0 Å². The Morgan fingerprint density at radius 1 is 1.73 bits per heavy atom. The van der Waals surface area contributed by atoms with Crippen molar-refractivity contribution in [3.05, 3.63) is 11.7 Å². The molecule has 1 aliphatic carbocycles. The number of hydrogen-bond donors (Lipinski definition) is 2. The molecule has 1 aliphatic rings. The average Bonchev–Trinajstić information content (AvgIpc) is 2.95. The molecule has 1 heterocycles. The molecule has 1 unspecified atom stereocenters. The number of amides is 1. The second-order valence-corrected chi connectivity index (χ2v) is 3.68. The van der Waals surface area contributed by atoms with E-state index in [-0.39, 0.29) is 17.8 Å². The molecule has 2 rings (SSSR count). The maximum absolute atomic E-state index is 11.3. The molecule has 1 amide bonds. The van der Waals surface area contributed by atoms with Crippen molar-refractivity contribution in [2.75, 3.05) is 6.54 Å². The highest BCUT2D eigenvalue weighted by Gasteiger charge is 2.33. The van der Waals surface area contributed by atoms with Crippen LogP contribution in [0.3, 0.4) is 0 Å². The van der Waals surface area contributed by atoms with E-state index in [4.69, 9.17) is 10.3 Å². The molecule has 82 valence electrons. The lowest BCUT2D eigenvalue weighted by atomic mass is 10.2. The van der Waals surface area contributed by atoms with Crippen LogP contribution in [0.5, 0.6) is 0 Å². The second-order valence-electron chi connectivity index (χ2n) is 3.68. The number of nitrogens with zero attached hydrogens (tertiary/aromatic N) is 2. The molecule has 0 aromatic carbocycles.